The van der Waals surface area contributed by atoms with E-state index in [0.29, 0.717) is 19.3 Å². The molecule has 0 spiro atoms. The van der Waals surface area contributed by atoms with E-state index in [0.717, 1.165) is 0 Å². The van der Waals surface area contributed by atoms with Gasteiger partial charge >= 0.3 is 5.97 Å². The highest BCUT2D eigenvalue weighted by atomic mass is 16.6. The summed E-state index contributed by atoms with van der Waals surface area (Å²) < 4.78 is 5.32. The van der Waals surface area contributed by atoms with Crippen LogP contribution in [0, 0.1) is 10.1 Å². The number of esters is 1. The van der Waals surface area contributed by atoms with Crippen LogP contribution in [-0.2, 0) is 23.9 Å². The van der Waals surface area contributed by atoms with E-state index in [1.54, 1.807) is 13.8 Å². The van der Waals surface area contributed by atoms with Crippen LogP contribution in [0.2, 0.25) is 0 Å². The Balaban J connectivity index is 4.57. The van der Waals surface area contributed by atoms with Crippen LogP contribution in [0.5, 0.6) is 0 Å². The van der Waals surface area contributed by atoms with Crippen LogP contribution in [0.1, 0.15) is 128 Å². The van der Waals surface area contributed by atoms with E-state index in [2.05, 4.69) is 16.0 Å². The van der Waals surface area contributed by atoms with Gasteiger partial charge in [-0.05, 0) is 81.6 Å². The third-order valence-corrected chi connectivity index (χ3v) is 6.22. The number of hydrogen-bond donors (Lipinski definition) is 3. The molecule has 0 aromatic carbocycles. The Morgan fingerprint density at radius 3 is 1.21 bits per heavy atom. The van der Waals surface area contributed by atoms with Gasteiger partial charge in [-0.1, -0.05) is 0 Å². The van der Waals surface area contributed by atoms with Gasteiger partial charge in [0.2, 0.25) is 23.3 Å². The Kier molecular flexibility index (Phi) is 13.1. The SMILES string of the molecule is CC(C)(CCC(=O)NC(C)(C)CCC(=O)OC(C)(C)C)NC(=O)CCC(C)(C)NC(=O)CCC(C)(C)[N+](=O)[O-]. The highest BCUT2D eigenvalue weighted by Crippen LogP contribution is 2.19. The Bertz CT molecular complexity index is 887. The third-order valence-electron chi connectivity index (χ3n) is 6.22. The molecule has 0 fully saturated rings. The highest BCUT2D eigenvalue weighted by molar-refractivity contribution is 5.79. The van der Waals surface area contributed by atoms with E-state index in [4.69, 9.17) is 4.74 Å². The predicted molar refractivity (Wildman–Crippen MR) is 151 cm³/mol. The number of rotatable bonds is 16. The van der Waals surface area contributed by atoms with Crippen molar-refractivity contribution in [1.82, 2.24) is 16.0 Å². The Hall–Kier alpha value is -2.72. The van der Waals surface area contributed by atoms with Crippen molar-refractivity contribution in [2.75, 3.05) is 0 Å². The molecule has 0 rings (SSSR count). The number of amides is 3. The Labute approximate surface area is 234 Å². The maximum Gasteiger partial charge on any atom is 0.306 e. The van der Waals surface area contributed by atoms with Crippen LogP contribution >= 0.6 is 0 Å². The van der Waals surface area contributed by atoms with Gasteiger partial charge in [0.25, 0.3) is 0 Å². The molecule has 0 aliphatic rings. The van der Waals surface area contributed by atoms with Gasteiger partial charge in [0.05, 0.1) is 0 Å². The van der Waals surface area contributed by atoms with Gasteiger partial charge in [-0.15, -0.1) is 0 Å². The summed E-state index contributed by atoms with van der Waals surface area (Å²) in [6.07, 6.45) is 1.94. The van der Waals surface area contributed by atoms with E-state index < -0.39 is 32.7 Å². The first kappa shape index (κ1) is 36.3. The lowest BCUT2D eigenvalue weighted by atomic mass is 9.94. The second kappa shape index (κ2) is 14.1. The molecule has 0 unspecified atom stereocenters. The molecule has 3 N–H and O–H groups in total. The largest absolute Gasteiger partial charge is 0.460 e. The minimum Gasteiger partial charge on any atom is -0.460 e. The molecule has 11 heteroatoms. The first-order valence-electron chi connectivity index (χ1n) is 13.6. The summed E-state index contributed by atoms with van der Waals surface area (Å²) in [7, 11) is 0. The van der Waals surface area contributed by atoms with Gasteiger partial charge in [-0.2, -0.15) is 0 Å². The van der Waals surface area contributed by atoms with E-state index in [1.807, 2.05) is 48.5 Å². The van der Waals surface area contributed by atoms with E-state index in [-0.39, 0.29) is 55.8 Å². The van der Waals surface area contributed by atoms with E-state index in [9.17, 15) is 29.3 Å². The van der Waals surface area contributed by atoms with Gasteiger partial charge in [0.15, 0.2) is 0 Å². The first-order valence-corrected chi connectivity index (χ1v) is 13.6. The summed E-state index contributed by atoms with van der Waals surface area (Å²) in [4.78, 5) is 60.1. The smallest absolute Gasteiger partial charge is 0.306 e. The van der Waals surface area contributed by atoms with E-state index >= 15 is 0 Å². The number of carbonyl (C=O) groups is 4. The van der Waals surface area contributed by atoms with Gasteiger partial charge in [-0.3, -0.25) is 29.3 Å². The Morgan fingerprint density at radius 2 is 0.897 bits per heavy atom. The molecule has 0 atom stereocenters. The number of nitrogens with one attached hydrogen (secondary N) is 3. The van der Waals surface area contributed by atoms with Crippen LogP contribution in [0.25, 0.3) is 0 Å². The zero-order valence-corrected chi connectivity index (χ0v) is 26.0. The lowest BCUT2D eigenvalue weighted by Gasteiger charge is -2.30. The standard InChI is InChI=1S/C28H52N4O7/c1-24(2,3)39-23(36)15-18-27(8,9)30-21(34)13-16-25(4,5)29-20(33)12-17-26(6,7)31-22(35)14-19-28(10,11)32(37)38/h12-19H2,1-11H3,(H,29,33)(H,30,34)(H,31,35). The van der Waals surface area contributed by atoms with Crippen molar-refractivity contribution in [3.05, 3.63) is 10.1 Å². The second-order valence-electron chi connectivity index (χ2n) is 14.0. The molecule has 0 radical (unpaired) electrons. The summed E-state index contributed by atoms with van der Waals surface area (Å²) in [5.74, 6) is -0.976. The van der Waals surface area contributed by atoms with Crippen LogP contribution in [0.4, 0.5) is 0 Å². The van der Waals surface area contributed by atoms with Crippen molar-refractivity contribution < 1.29 is 28.8 Å². The fraction of sp³-hybridized carbons (Fsp3) is 0.857. The average molecular weight is 557 g/mol. The molecule has 11 nitrogen and oxygen atoms in total. The quantitative estimate of drug-likeness (QED) is 0.146. The molecular formula is C28H52N4O7. The molecule has 0 bridgehead atoms. The summed E-state index contributed by atoms with van der Waals surface area (Å²) in [6.45, 7) is 19.4. The molecule has 0 aromatic rings. The molecule has 39 heavy (non-hydrogen) atoms. The van der Waals surface area contributed by atoms with Gasteiger partial charge < -0.3 is 20.7 Å². The maximum atomic E-state index is 12.6. The molecule has 0 saturated heterocycles. The van der Waals surface area contributed by atoms with Gasteiger partial charge in [0.1, 0.15) is 5.60 Å². The molecular weight excluding hydrogens is 504 g/mol. The lowest BCUT2D eigenvalue weighted by Crippen LogP contribution is -2.48. The lowest BCUT2D eigenvalue weighted by molar-refractivity contribution is -0.561. The normalized spacial score (nSPS) is 12.9. The number of ether oxygens (including phenoxy) is 1. The molecule has 0 heterocycles. The van der Waals surface area contributed by atoms with Crippen LogP contribution < -0.4 is 16.0 Å². The molecule has 226 valence electrons. The topological polar surface area (TPSA) is 157 Å². The van der Waals surface area contributed by atoms with Crippen LogP contribution in [0.15, 0.2) is 0 Å². The second-order valence-corrected chi connectivity index (χ2v) is 14.0. The maximum absolute atomic E-state index is 12.6. The minimum atomic E-state index is -1.18. The zero-order chi connectivity index (χ0) is 30.9. The van der Waals surface area contributed by atoms with Crippen molar-refractivity contribution in [3.8, 4) is 0 Å². The summed E-state index contributed by atoms with van der Waals surface area (Å²) >= 11 is 0. The minimum absolute atomic E-state index is 0.0243. The molecule has 0 aliphatic heterocycles. The fourth-order valence-corrected chi connectivity index (χ4v) is 3.68. The first-order chi connectivity index (χ1) is 17.3. The predicted octanol–water partition coefficient (Wildman–Crippen LogP) is 4.19. The van der Waals surface area contributed by atoms with Crippen molar-refractivity contribution >= 4 is 23.7 Å². The number of nitrogens with zero attached hydrogens (tertiary/aromatic N) is 1. The van der Waals surface area contributed by atoms with Crippen LogP contribution in [-0.4, -0.2) is 56.4 Å². The highest BCUT2D eigenvalue weighted by Gasteiger charge is 2.32. The van der Waals surface area contributed by atoms with Crippen molar-refractivity contribution in [2.45, 2.75) is 155 Å². The summed E-state index contributed by atoms with van der Waals surface area (Å²) in [5, 5.41) is 19.8. The average Bonchev–Trinajstić information content (AvgIpc) is 2.72. The van der Waals surface area contributed by atoms with Crippen molar-refractivity contribution in [2.24, 2.45) is 0 Å². The summed E-state index contributed by atoms with van der Waals surface area (Å²) in [6, 6.07) is 0. The number of carbonyl (C=O) groups excluding carboxylic acids is 4. The molecule has 3 amide bonds. The van der Waals surface area contributed by atoms with Gasteiger partial charge in [0, 0.05) is 67.5 Å². The van der Waals surface area contributed by atoms with Gasteiger partial charge in [-0.25, -0.2) is 0 Å². The number of nitro groups is 1. The van der Waals surface area contributed by atoms with E-state index in [1.165, 1.54) is 13.8 Å². The Morgan fingerprint density at radius 1 is 0.590 bits per heavy atom. The summed E-state index contributed by atoms with van der Waals surface area (Å²) in [5.41, 5.74) is -3.61. The number of hydrogen-bond acceptors (Lipinski definition) is 7. The third kappa shape index (κ3) is 17.5. The molecule has 0 aliphatic carbocycles. The fourth-order valence-electron chi connectivity index (χ4n) is 3.68. The zero-order valence-electron chi connectivity index (χ0n) is 26.0. The van der Waals surface area contributed by atoms with Crippen molar-refractivity contribution in [1.29, 1.82) is 0 Å². The van der Waals surface area contributed by atoms with Crippen molar-refractivity contribution in [3.63, 3.8) is 0 Å². The van der Waals surface area contributed by atoms with Crippen LogP contribution in [0.3, 0.4) is 0 Å². The monoisotopic (exact) mass is 556 g/mol. The molecule has 0 aromatic heterocycles. The molecule has 0 saturated carbocycles.